The molecule has 1 aromatic carbocycles. The van der Waals surface area contributed by atoms with Gasteiger partial charge in [-0.15, -0.1) is 0 Å². The summed E-state index contributed by atoms with van der Waals surface area (Å²) in [7, 11) is 0. The minimum Gasteiger partial charge on any atom is -0.493 e. The van der Waals surface area contributed by atoms with Crippen LogP contribution in [0.3, 0.4) is 0 Å². The third-order valence-electron chi connectivity index (χ3n) is 3.79. The fraction of sp³-hybridized carbons (Fsp3) is 0.538. The SMILES string of the molecule is Cc1cc(C2(N)CCC2)cc2c1OCC2. The number of ether oxygens (including phenoxy) is 1. The van der Waals surface area contributed by atoms with Crippen LogP contribution < -0.4 is 10.5 Å². The highest BCUT2D eigenvalue weighted by Crippen LogP contribution is 2.41. The fourth-order valence-corrected chi connectivity index (χ4v) is 2.64. The molecule has 0 aromatic heterocycles. The van der Waals surface area contributed by atoms with Crippen molar-refractivity contribution in [2.45, 2.75) is 38.1 Å². The summed E-state index contributed by atoms with van der Waals surface area (Å²) < 4.78 is 5.61. The highest BCUT2D eigenvalue weighted by atomic mass is 16.5. The van der Waals surface area contributed by atoms with Gasteiger partial charge in [-0.2, -0.15) is 0 Å². The maximum absolute atomic E-state index is 6.35. The van der Waals surface area contributed by atoms with Crippen LogP contribution >= 0.6 is 0 Å². The van der Waals surface area contributed by atoms with Gasteiger partial charge in [0.1, 0.15) is 5.75 Å². The molecule has 0 saturated heterocycles. The van der Waals surface area contributed by atoms with Crippen molar-refractivity contribution >= 4 is 0 Å². The summed E-state index contributed by atoms with van der Waals surface area (Å²) in [5.41, 5.74) is 10.2. The molecule has 2 nitrogen and oxygen atoms in total. The molecule has 3 rings (SSSR count). The molecule has 15 heavy (non-hydrogen) atoms. The molecule has 0 unspecified atom stereocenters. The first-order valence-corrected chi connectivity index (χ1v) is 5.75. The van der Waals surface area contributed by atoms with E-state index in [0.717, 1.165) is 31.6 Å². The third kappa shape index (κ3) is 1.28. The number of nitrogens with two attached hydrogens (primary N) is 1. The molecule has 1 aliphatic heterocycles. The maximum Gasteiger partial charge on any atom is 0.125 e. The molecule has 2 heteroatoms. The Labute approximate surface area is 90.4 Å². The van der Waals surface area contributed by atoms with Gasteiger partial charge in [0.05, 0.1) is 6.61 Å². The monoisotopic (exact) mass is 203 g/mol. The van der Waals surface area contributed by atoms with Crippen molar-refractivity contribution in [2.24, 2.45) is 5.73 Å². The summed E-state index contributed by atoms with van der Waals surface area (Å²) in [4.78, 5) is 0. The molecular weight excluding hydrogens is 186 g/mol. The van der Waals surface area contributed by atoms with Crippen molar-refractivity contribution in [1.82, 2.24) is 0 Å². The van der Waals surface area contributed by atoms with E-state index in [1.54, 1.807) is 0 Å². The molecule has 1 fully saturated rings. The first kappa shape index (κ1) is 9.22. The van der Waals surface area contributed by atoms with E-state index < -0.39 is 0 Å². The second-order valence-corrected chi connectivity index (χ2v) is 4.89. The number of aryl methyl sites for hydroxylation is 1. The van der Waals surface area contributed by atoms with Gasteiger partial charge in [-0.1, -0.05) is 12.1 Å². The predicted molar refractivity (Wildman–Crippen MR) is 60.1 cm³/mol. The Morgan fingerprint density at radius 2 is 2.13 bits per heavy atom. The van der Waals surface area contributed by atoms with Gasteiger partial charge in [-0.05, 0) is 42.9 Å². The quantitative estimate of drug-likeness (QED) is 0.760. The molecule has 1 heterocycles. The van der Waals surface area contributed by atoms with Crippen molar-refractivity contribution in [3.8, 4) is 5.75 Å². The summed E-state index contributed by atoms with van der Waals surface area (Å²) in [6.45, 7) is 2.95. The average Bonchev–Trinajstić information content (AvgIpc) is 2.62. The van der Waals surface area contributed by atoms with Gasteiger partial charge in [0.25, 0.3) is 0 Å². The normalized spacial score (nSPS) is 21.7. The summed E-state index contributed by atoms with van der Waals surface area (Å²) in [5, 5.41) is 0. The van der Waals surface area contributed by atoms with E-state index in [-0.39, 0.29) is 5.54 Å². The van der Waals surface area contributed by atoms with E-state index in [1.807, 2.05) is 0 Å². The Kier molecular flexibility index (Phi) is 1.84. The highest BCUT2D eigenvalue weighted by Gasteiger charge is 2.35. The smallest absolute Gasteiger partial charge is 0.125 e. The Balaban J connectivity index is 2.07. The molecule has 0 bridgehead atoms. The van der Waals surface area contributed by atoms with Gasteiger partial charge in [0.15, 0.2) is 0 Å². The second-order valence-electron chi connectivity index (χ2n) is 4.89. The van der Waals surface area contributed by atoms with Crippen molar-refractivity contribution in [3.05, 3.63) is 28.8 Å². The highest BCUT2D eigenvalue weighted by molar-refractivity contribution is 5.48. The summed E-state index contributed by atoms with van der Waals surface area (Å²) in [5.74, 6) is 1.10. The largest absolute Gasteiger partial charge is 0.493 e. The third-order valence-corrected chi connectivity index (χ3v) is 3.79. The molecule has 2 aliphatic rings. The first-order chi connectivity index (χ1) is 7.19. The van der Waals surface area contributed by atoms with E-state index in [0.29, 0.717) is 0 Å². The predicted octanol–water partition coefficient (Wildman–Crippen LogP) is 2.27. The van der Waals surface area contributed by atoms with Crippen LogP contribution in [0.5, 0.6) is 5.75 Å². The minimum atomic E-state index is -0.0393. The van der Waals surface area contributed by atoms with Crippen LogP contribution in [0.1, 0.15) is 36.0 Å². The Hall–Kier alpha value is -1.02. The van der Waals surface area contributed by atoms with Crippen LogP contribution in [0.25, 0.3) is 0 Å². The summed E-state index contributed by atoms with van der Waals surface area (Å²) in [6.07, 6.45) is 4.57. The Morgan fingerprint density at radius 1 is 1.33 bits per heavy atom. The van der Waals surface area contributed by atoms with E-state index in [4.69, 9.17) is 10.5 Å². The fourth-order valence-electron chi connectivity index (χ4n) is 2.64. The number of fused-ring (bicyclic) bond motifs is 1. The van der Waals surface area contributed by atoms with Gasteiger partial charge in [-0.25, -0.2) is 0 Å². The summed E-state index contributed by atoms with van der Waals surface area (Å²) in [6, 6.07) is 4.47. The molecule has 0 spiro atoms. The number of benzene rings is 1. The van der Waals surface area contributed by atoms with Gasteiger partial charge in [-0.3, -0.25) is 0 Å². The zero-order chi connectivity index (χ0) is 10.5. The molecule has 0 atom stereocenters. The van der Waals surface area contributed by atoms with Crippen LogP contribution in [0.4, 0.5) is 0 Å². The van der Waals surface area contributed by atoms with Crippen molar-refractivity contribution in [2.75, 3.05) is 6.61 Å². The molecule has 2 N–H and O–H groups in total. The van der Waals surface area contributed by atoms with Crippen LogP contribution in [-0.2, 0) is 12.0 Å². The molecular formula is C13H17NO. The van der Waals surface area contributed by atoms with Gasteiger partial charge in [0, 0.05) is 12.0 Å². The van der Waals surface area contributed by atoms with E-state index in [2.05, 4.69) is 19.1 Å². The zero-order valence-corrected chi connectivity index (χ0v) is 9.18. The average molecular weight is 203 g/mol. The number of hydrogen-bond acceptors (Lipinski definition) is 2. The van der Waals surface area contributed by atoms with E-state index in [9.17, 15) is 0 Å². The van der Waals surface area contributed by atoms with Crippen molar-refractivity contribution in [1.29, 1.82) is 0 Å². The first-order valence-electron chi connectivity index (χ1n) is 5.75. The lowest BCUT2D eigenvalue weighted by Crippen LogP contribution is -2.43. The standard InChI is InChI=1S/C13H17NO/c1-9-7-11(13(14)4-2-5-13)8-10-3-6-15-12(9)10/h7-8H,2-6,14H2,1H3. The summed E-state index contributed by atoms with van der Waals surface area (Å²) >= 11 is 0. The Bertz CT molecular complexity index is 407. The van der Waals surface area contributed by atoms with Gasteiger partial charge in [0.2, 0.25) is 0 Å². The van der Waals surface area contributed by atoms with Gasteiger partial charge < -0.3 is 10.5 Å². The Morgan fingerprint density at radius 3 is 2.80 bits per heavy atom. The molecule has 1 saturated carbocycles. The van der Waals surface area contributed by atoms with Crippen LogP contribution in [0.2, 0.25) is 0 Å². The van der Waals surface area contributed by atoms with E-state index >= 15 is 0 Å². The molecule has 0 radical (unpaired) electrons. The molecule has 1 aromatic rings. The second kappa shape index (κ2) is 2.99. The lowest BCUT2D eigenvalue weighted by Gasteiger charge is -2.39. The lowest BCUT2D eigenvalue weighted by molar-refractivity contribution is 0.253. The minimum absolute atomic E-state index is 0.0393. The van der Waals surface area contributed by atoms with Gasteiger partial charge >= 0.3 is 0 Å². The van der Waals surface area contributed by atoms with Crippen LogP contribution in [0.15, 0.2) is 12.1 Å². The zero-order valence-electron chi connectivity index (χ0n) is 9.18. The topological polar surface area (TPSA) is 35.2 Å². The van der Waals surface area contributed by atoms with Crippen LogP contribution in [0, 0.1) is 6.92 Å². The number of hydrogen-bond donors (Lipinski definition) is 1. The molecule has 1 aliphatic carbocycles. The van der Waals surface area contributed by atoms with Crippen molar-refractivity contribution in [3.63, 3.8) is 0 Å². The number of rotatable bonds is 1. The van der Waals surface area contributed by atoms with Crippen LogP contribution in [-0.4, -0.2) is 6.61 Å². The molecule has 80 valence electrons. The maximum atomic E-state index is 6.35. The lowest BCUT2D eigenvalue weighted by atomic mass is 9.72. The van der Waals surface area contributed by atoms with Crippen molar-refractivity contribution < 1.29 is 4.74 Å². The van der Waals surface area contributed by atoms with E-state index in [1.165, 1.54) is 23.1 Å². The molecule has 0 amide bonds.